The van der Waals surface area contributed by atoms with Crippen molar-refractivity contribution in [3.63, 3.8) is 0 Å². The fourth-order valence-corrected chi connectivity index (χ4v) is 5.46. The topological polar surface area (TPSA) is 21.8 Å². The number of unbranched alkanes of at least 4 members (excludes halogenated alkanes) is 5. The van der Waals surface area contributed by atoms with Crippen LogP contribution in [0.15, 0.2) is 0 Å². The van der Waals surface area contributed by atoms with Crippen LogP contribution >= 0.6 is 0 Å². The molecule has 4 unspecified atom stereocenters. The molecule has 0 aromatic heterocycles. The minimum absolute atomic E-state index is 0.117. The molecule has 0 spiro atoms. The van der Waals surface area contributed by atoms with Crippen LogP contribution in [0.3, 0.4) is 0 Å². The first kappa shape index (κ1) is 22.2. The molecule has 2 heteroatoms. The standard InChI is InChI=1S/C24H46O2/c1-5-9-10-11-12-13-14-21(24(6-2,7-3)25-8-4)17-15-20-16-18-22-23(19-20)26-22/h20-23H,5-19H2,1-4H3. The summed E-state index contributed by atoms with van der Waals surface area (Å²) in [5.41, 5.74) is 0.117. The molecule has 0 radical (unpaired) electrons. The number of hydrogen-bond donors (Lipinski definition) is 0. The molecule has 2 nitrogen and oxygen atoms in total. The highest BCUT2D eigenvalue weighted by Crippen LogP contribution is 2.43. The van der Waals surface area contributed by atoms with E-state index < -0.39 is 0 Å². The van der Waals surface area contributed by atoms with Crippen LogP contribution in [-0.2, 0) is 9.47 Å². The maximum Gasteiger partial charge on any atom is 0.0844 e. The van der Waals surface area contributed by atoms with Crippen molar-refractivity contribution in [3.05, 3.63) is 0 Å². The van der Waals surface area contributed by atoms with Crippen LogP contribution in [0.5, 0.6) is 0 Å². The minimum atomic E-state index is 0.117. The average Bonchev–Trinajstić information content (AvgIpc) is 3.44. The zero-order valence-electron chi connectivity index (χ0n) is 18.2. The molecule has 4 atom stereocenters. The lowest BCUT2D eigenvalue weighted by Gasteiger charge is -2.40. The molecule has 0 amide bonds. The van der Waals surface area contributed by atoms with Gasteiger partial charge in [0.2, 0.25) is 0 Å². The van der Waals surface area contributed by atoms with Crippen molar-refractivity contribution in [1.82, 2.24) is 0 Å². The highest BCUT2D eigenvalue weighted by molar-refractivity contribution is 4.93. The lowest BCUT2D eigenvalue weighted by molar-refractivity contribution is -0.0945. The summed E-state index contributed by atoms with van der Waals surface area (Å²) in [5.74, 6) is 1.64. The summed E-state index contributed by atoms with van der Waals surface area (Å²) < 4.78 is 12.2. The van der Waals surface area contributed by atoms with Crippen LogP contribution in [-0.4, -0.2) is 24.4 Å². The van der Waals surface area contributed by atoms with E-state index >= 15 is 0 Å². The van der Waals surface area contributed by atoms with E-state index in [1.807, 2.05) is 0 Å². The van der Waals surface area contributed by atoms with Crippen molar-refractivity contribution in [2.45, 2.75) is 135 Å². The van der Waals surface area contributed by atoms with Gasteiger partial charge >= 0.3 is 0 Å². The highest BCUT2D eigenvalue weighted by atomic mass is 16.6. The lowest BCUT2D eigenvalue weighted by Crippen LogP contribution is -2.40. The third kappa shape index (κ3) is 6.51. The predicted octanol–water partition coefficient (Wildman–Crippen LogP) is 7.30. The molecule has 1 saturated carbocycles. The Kier molecular flexibility index (Phi) is 9.99. The van der Waals surface area contributed by atoms with E-state index in [2.05, 4.69) is 27.7 Å². The Hall–Kier alpha value is -0.0800. The Morgan fingerprint density at radius 2 is 1.62 bits per heavy atom. The Bertz CT molecular complexity index is 363. The second-order valence-corrected chi connectivity index (χ2v) is 8.93. The van der Waals surface area contributed by atoms with Crippen LogP contribution in [0.1, 0.15) is 118 Å². The number of hydrogen-bond acceptors (Lipinski definition) is 2. The van der Waals surface area contributed by atoms with Crippen molar-refractivity contribution < 1.29 is 9.47 Å². The van der Waals surface area contributed by atoms with Gasteiger partial charge in [0.25, 0.3) is 0 Å². The summed E-state index contributed by atoms with van der Waals surface area (Å²) in [7, 11) is 0. The van der Waals surface area contributed by atoms with E-state index in [1.54, 1.807) is 0 Å². The van der Waals surface area contributed by atoms with Crippen molar-refractivity contribution in [3.8, 4) is 0 Å². The fraction of sp³-hybridized carbons (Fsp3) is 1.00. The van der Waals surface area contributed by atoms with Gasteiger partial charge in [-0.3, -0.25) is 0 Å². The Balaban J connectivity index is 1.84. The van der Waals surface area contributed by atoms with Gasteiger partial charge in [-0.05, 0) is 70.1 Å². The fourth-order valence-electron chi connectivity index (χ4n) is 5.46. The smallest absolute Gasteiger partial charge is 0.0844 e. The predicted molar refractivity (Wildman–Crippen MR) is 112 cm³/mol. The molecule has 0 N–H and O–H groups in total. The van der Waals surface area contributed by atoms with Gasteiger partial charge in [-0.2, -0.15) is 0 Å². The summed E-state index contributed by atoms with van der Waals surface area (Å²) in [4.78, 5) is 0. The molecule has 26 heavy (non-hydrogen) atoms. The van der Waals surface area contributed by atoms with E-state index in [1.165, 1.54) is 77.0 Å². The van der Waals surface area contributed by atoms with Gasteiger partial charge in [0.15, 0.2) is 0 Å². The molecule has 2 fully saturated rings. The number of rotatable bonds is 15. The van der Waals surface area contributed by atoms with E-state index in [0.29, 0.717) is 12.2 Å². The highest BCUT2D eigenvalue weighted by Gasteiger charge is 2.44. The molecule has 2 rings (SSSR count). The zero-order chi connectivity index (χ0) is 18.8. The van der Waals surface area contributed by atoms with E-state index in [0.717, 1.165) is 31.3 Å². The van der Waals surface area contributed by atoms with E-state index in [4.69, 9.17) is 9.47 Å². The summed E-state index contributed by atoms with van der Waals surface area (Å²) >= 11 is 0. The maximum absolute atomic E-state index is 6.43. The Morgan fingerprint density at radius 3 is 2.27 bits per heavy atom. The third-order valence-electron chi connectivity index (χ3n) is 7.31. The first-order chi connectivity index (χ1) is 12.7. The normalized spacial score (nSPS) is 26.5. The van der Waals surface area contributed by atoms with E-state index in [-0.39, 0.29) is 5.60 Å². The molecule has 1 heterocycles. The molecular formula is C24H46O2. The van der Waals surface area contributed by atoms with Crippen LogP contribution in [0.25, 0.3) is 0 Å². The molecule has 154 valence electrons. The third-order valence-corrected chi connectivity index (χ3v) is 7.31. The minimum Gasteiger partial charge on any atom is -0.375 e. The molecule has 1 saturated heterocycles. The number of epoxide rings is 1. The van der Waals surface area contributed by atoms with Gasteiger partial charge in [0, 0.05) is 6.61 Å². The summed E-state index contributed by atoms with van der Waals surface area (Å²) in [5, 5.41) is 0. The van der Waals surface area contributed by atoms with E-state index in [9.17, 15) is 0 Å². The van der Waals surface area contributed by atoms with Crippen molar-refractivity contribution in [2.24, 2.45) is 11.8 Å². The second-order valence-electron chi connectivity index (χ2n) is 8.93. The van der Waals surface area contributed by atoms with Gasteiger partial charge < -0.3 is 9.47 Å². The molecular weight excluding hydrogens is 320 g/mol. The Labute approximate surface area is 163 Å². The molecule has 0 aromatic carbocycles. The molecule has 0 aromatic rings. The first-order valence-electron chi connectivity index (χ1n) is 12.0. The quantitative estimate of drug-likeness (QED) is 0.224. The number of ether oxygens (including phenoxy) is 2. The summed E-state index contributed by atoms with van der Waals surface area (Å²) in [6.07, 6.45) is 20.1. The summed E-state index contributed by atoms with van der Waals surface area (Å²) in [6.45, 7) is 10.0. The van der Waals surface area contributed by atoms with Crippen LogP contribution < -0.4 is 0 Å². The van der Waals surface area contributed by atoms with Gasteiger partial charge in [-0.1, -0.05) is 59.3 Å². The van der Waals surface area contributed by atoms with Crippen molar-refractivity contribution in [2.75, 3.05) is 6.61 Å². The lowest BCUT2D eigenvalue weighted by atomic mass is 9.74. The van der Waals surface area contributed by atoms with Crippen LogP contribution in [0.2, 0.25) is 0 Å². The SMILES string of the molecule is CCCCCCCCC(CCC1CCC2OC2C1)C(CC)(CC)OCC. The van der Waals surface area contributed by atoms with Crippen LogP contribution in [0.4, 0.5) is 0 Å². The zero-order valence-corrected chi connectivity index (χ0v) is 18.2. The monoisotopic (exact) mass is 366 g/mol. The molecule has 1 aliphatic carbocycles. The Morgan fingerprint density at radius 1 is 0.885 bits per heavy atom. The maximum atomic E-state index is 6.43. The van der Waals surface area contributed by atoms with Crippen molar-refractivity contribution >= 4 is 0 Å². The van der Waals surface area contributed by atoms with Gasteiger partial charge in [0.05, 0.1) is 17.8 Å². The largest absolute Gasteiger partial charge is 0.375 e. The molecule has 1 aliphatic heterocycles. The van der Waals surface area contributed by atoms with Gasteiger partial charge in [-0.15, -0.1) is 0 Å². The van der Waals surface area contributed by atoms with Crippen molar-refractivity contribution in [1.29, 1.82) is 0 Å². The average molecular weight is 367 g/mol. The van der Waals surface area contributed by atoms with Crippen LogP contribution in [0, 0.1) is 11.8 Å². The number of fused-ring (bicyclic) bond motifs is 1. The molecule has 2 aliphatic rings. The summed E-state index contributed by atoms with van der Waals surface area (Å²) in [6, 6.07) is 0. The first-order valence-corrected chi connectivity index (χ1v) is 12.0. The molecule has 0 bridgehead atoms. The second kappa shape index (κ2) is 11.7. The van der Waals surface area contributed by atoms with Gasteiger partial charge in [0.1, 0.15) is 0 Å². The van der Waals surface area contributed by atoms with Gasteiger partial charge in [-0.25, -0.2) is 0 Å².